The molecule has 1 aliphatic rings. The van der Waals surface area contributed by atoms with Crippen LogP contribution in [-0.4, -0.2) is 45.4 Å². The van der Waals surface area contributed by atoms with E-state index in [4.69, 9.17) is 14.9 Å². The molecular weight excluding hydrogens is 386 g/mol. The summed E-state index contributed by atoms with van der Waals surface area (Å²) in [5.74, 6) is -0.178. The van der Waals surface area contributed by atoms with Gasteiger partial charge in [-0.05, 0) is 73.5 Å². The van der Waals surface area contributed by atoms with E-state index in [-0.39, 0.29) is 18.2 Å². The molecule has 1 aliphatic carbocycles. The van der Waals surface area contributed by atoms with Gasteiger partial charge in [0.2, 0.25) is 0 Å². The number of phenolic OH excluding ortho intramolecular Hbond substituents is 1. The molecule has 3 N–H and O–H groups in total. The molecule has 0 fully saturated rings. The smallest absolute Gasteiger partial charge is 0.508 e. The van der Waals surface area contributed by atoms with Crippen LogP contribution in [0.15, 0.2) is 42.5 Å². The minimum atomic E-state index is -1.33. The lowest BCUT2D eigenvalue weighted by Crippen LogP contribution is -2.31. The van der Waals surface area contributed by atoms with Crippen molar-refractivity contribution >= 4 is 12.1 Å². The molecule has 0 heterocycles. The van der Waals surface area contributed by atoms with Crippen LogP contribution in [0.4, 0.5) is 4.79 Å². The highest BCUT2D eigenvalue weighted by atomic mass is 16.7. The highest BCUT2D eigenvalue weighted by Crippen LogP contribution is 2.38. The molecule has 2 aromatic carbocycles. The maximum Gasteiger partial charge on any atom is 0.511 e. The second-order valence-corrected chi connectivity index (χ2v) is 7.55. The molecule has 0 aliphatic heterocycles. The number of fused-ring (bicyclic) bond motifs is 1. The van der Waals surface area contributed by atoms with Crippen molar-refractivity contribution in [2.75, 3.05) is 13.1 Å². The highest BCUT2D eigenvalue weighted by Gasteiger charge is 2.28. The van der Waals surface area contributed by atoms with Crippen molar-refractivity contribution in [3.8, 4) is 11.5 Å². The molecular formula is C23H27NO6. The summed E-state index contributed by atoms with van der Waals surface area (Å²) in [6, 6.07) is 12.9. The Kier molecular flexibility index (Phi) is 7.30. The summed E-state index contributed by atoms with van der Waals surface area (Å²) in [5.41, 5.74) is 3.12. The van der Waals surface area contributed by atoms with Gasteiger partial charge in [-0.25, -0.2) is 4.79 Å². The van der Waals surface area contributed by atoms with Crippen molar-refractivity contribution in [3.05, 3.63) is 59.2 Å². The molecule has 7 heteroatoms. The van der Waals surface area contributed by atoms with Crippen LogP contribution >= 0.6 is 0 Å². The molecule has 160 valence electrons. The van der Waals surface area contributed by atoms with Gasteiger partial charge in [-0.15, -0.1) is 0 Å². The monoisotopic (exact) mass is 413 g/mol. The normalized spacial score (nSPS) is 15.2. The first kappa shape index (κ1) is 21.6. The fraction of sp³-hybridized carbons (Fsp3) is 0.391. The van der Waals surface area contributed by atoms with E-state index in [2.05, 4.69) is 4.90 Å². The molecule has 3 rings (SSSR count). The Hall–Kier alpha value is -3.06. The van der Waals surface area contributed by atoms with E-state index in [0.717, 1.165) is 49.0 Å². The number of carboxylic acids is 1. The Morgan fingerprint density at radius 2 is 1.87 bits per heavy atom. The minimum absolute atomic E-state index is 0.157. The molecule has 0 bridgehead atoms. The van der Waals surface area contributed by atoms with Crippen molar-refractivity contribution in [2.45, 2.75) is 44.6 Å². The Bertz CT molecular complexity index is 897. The number of para-hydroxylation sites is 1. The van der Waals surface area contributed by atoms with Crippen molar-refractivity contribution in [1.82, 2.24) is 4.90 Å². The lowest BCUT2D eigenvalue weighted by molar-refractivity contribution is -0.137. The Labute approximate surface area is 175 Å². The van der Waals surface area contributed by atoms with Gasteiger partial charge < -0.3 is 20.1 Å². The number of hydrogen-bond acceptors (Lipinski definition) is 5. The molecule has 2 aromatic rings. The highest BCUT2D eigenvalue weighted by molar-refractivity contribution is 5.66. The van der Waals surface area contributed by atoms with Gasteiger partial charge in [0, 0.05) is 19.0 Å². The number of phenols is 1. The van der Waals surface area contributed by atoms with Crippen LogP contribution < -0.4 is 4.74 Å². The van der Waals surface area contributed by atoms with Crippen LogP contribution in [0, 0.1) is 0 Å². The predicted octanol–water partition coefficient (Wildman–Crippen LogP) is 4.24. The molecule has 1 unspecified atom stereocenters. The summed E-state index contributed by atoms with van der Waals surface area (Å²) in [4.78, 5) is 24.0. The van der Waals surface area contributed by atoms with E-state index in [1.54, 1.807) is 24.3 Å². The number of unbranched alkanes of at least 4 members (excludes halogenated alkanes) is 1. The number of benzene rings is 2. The van der Waals surface area contributed by atoms with E-state index in [0.29, 0.717) is 18.6 Å². The van der Waals surface area contributed by atoms with E-state index < -0.39 is 12.1 Å². The lowest BCUT2D eigenvalue weighted by Gasteiger charge is -2.30. The number of rotatable bonds is 10. The number of nitrogens with zero attached hydrogens (tertiary/aromatic N) is 1. The number of hydrogen-bond donors (Lipinski definition) is 3. The van der Waals surface area contributed by atoms with Crippen LogP contribution in [-0.2, 0) is 17.6 Å². The van der Waals surface area contributed by atoms with Crippen LogP contribution in [0.25, 0.3) is 0 Å². The topological polar surface area (TPSA) is 107 Å². The number of carbonyl (C=O) groups is 2. The van der Waals surface area contributed by atoms with Gasteiger partial charge >= 0.3 is 12.1 Å². The van der Waals surface area contributed by atoms with E-state index in [1.165, 1.54) is 0 Å². The summed E-state index contributed by atoms with van der Waals surface area (Å²) in [6.45, 7) is 1.50. The van der Waals surface area contributed by atoms with Gasteiger partial charge in [-0.3, -0.25) is 9.69 Å². The fourth-order valence-electron chi connectivity index (χ4n) is 4.12. The second kappa shape index (κ2) is 10.1. The molecule has 0 aromatic heterocycles. The molecule has 0 saturated heterocycles. The molecule has 0 spiro atoms. The van der Waals surface area contributed by atoms with Crippen molar-refractivity contribution in [3.63, 3.8) is 0 Å². The Morgan fingerprint density at radius 1 is 1.07 bits per heavy atom. The fourth-order valence-corrected chi connectivity index (χ4v) is 4.12. The van der Waals surface area contributed by atoms with Gasteiger partial charge in [-0.1, -0.05) is 24.3 Å². The molecule has 7 nitrogen and oxygen atoms in total. The zero-order chi connectivity index (χ0) is 21.5. The largest absolute Gasteiger partial charge is 0.511 e. The van der Waals surface area contributed by atoms with Gasteiger partial charge in [0.1, 0.15) is 11.5 Å². The van der Waals surface area contributed by atoms with Gasteiger partial charge in [0.15, 0.2) is 0 Å². The molecule has 0 radical (unpaired) electrons. The van der Waals surface area contributed by atoms with Gasteiger partial charge in [0.05, 0.1) is 0 Å². The maximum absolute atomic E-state index is 10.8. The molecule has 0 amide bonds. The third-order valence-corrected chi connectivity index (χ3v) is 5.55. The van der Waals surface area contributed by atoms with E-state index in [1.807, 2.05) is 18.2 Å². The number of aryl methyl sites for hydroxylation is 1. The average molecular weight is 413 g/mol. The summed E-state index contributed by atoms with van der Waals surface area (Å²) in [5, 5.41) is 27.8. The summed E-state index contributed by atoms with van der Waals surface area (Å²) >= 11 is 0. The number of aromatic hydroxyl groups is 1. The zero-order valence-electron chi connectivity index (χ0n) is 16.8. The van der Waals surface area contributed by atoms with Gasteiger partial charge in [-0.2, -0.15) is 0 Å². The SMILES string of the molecule is O=C(O)CCCCN(CCc1ccccc1O)C1CCc2cc(OC(=O)O)ccc21. The van der Waals surface area contributed by atoms with Gasteiger partial charge in [0.25, 0.3) is 0 Å². The van der Waals surface area contributed by atoms with E-state index >= 15 is 0 Å². The van der Waals surface area contributed by atoms with Crippen molar-refractivity contribution < 1.29 is 29.6 Å². The van der Waals surface area contributed by atoms with Crippen molar-refractivity contribution in [1.29, 1.82) is 0 Å². The van der Waals surface area contributed by atoms with E-state index in [9.17, 15) is 14.7 Å². The standard InChI is InChI=1S/C23H27NO6/c25-21-6-2-1-5-16(21)12-14-24(13-4-3-7-22(26)27)20-11-8-17-15-18(30-23(28)29)9-10-19(17)20/h1-2,5-6,9-10,15,20,25H,3-4,7-8,11-14H2,(H,26,27)(H,28,29). The number of ether oxygens (including phenoxy) is 1. The summed E-state index contributed by atoms with van der Waals surface area (Å²) in [7, 11) is 0. The Balaban J connectivity index is 1.72. The molecule has 1 atom stereocenters. The number of aliphatic carboxylic acids is 1. The zero-order valence-corrected chi connectivity index (χ0v) is 16.8. The minimum Gasteiger partial charge on any atom is -0.508 e. The number of carboxylic acid groups (broad SMARTS) is 2. The quantitative estimate of drug-likeness (QED) is 0.304. The maximum atomic E-state index is 10.8. The predicted molar refractivity (Wildman–Crippen MR) is 111 cm³/mol. The molecule has 30 heavy (non-hydrogen) atoms. The lowest BCUT2D eigenvalue weighted by atomic mass is 10.0. The second-order valence-electron chi connectivity index (χ2n) is 7.55. The first-order valence-electron chi connectivity index (χ1n) is 10.2. The summed E-state index contributed by atoms with van der Waals surface area (Å²) in [6.07, 6.45) is 2.66. The van der Waals surface area contributed by atoms with Crippen LogP contribution in [0.3, 0.4) is 0 Å². The molecule has 0 saturated carbocycles. The first-order chi connectivity index (χ1) is 14.4. The van der Waals surface area contributed by atoms with Crippen LogP contribution in [0.1, 0.15) is 48.4 Å². The third kappa shape index (κ3) is 5.73. The first-order valence-corrected chi connectivity index (χ1v) is 10.2. The summed E-state index contributed by atoms with van der Waals surface area (Å²) < 4.78 is 4.78. The van der Waals surface area contributed by atoms with Crippen molar-refractivity contribution in [2.24, 2.45) is 0 Å². The third-order valence-electron chi connectivity index (χ3n) is 5.55. The van der Waals surface area contributed by atoms with Crippen LogP contribution in [0.5, 0.6) is 11.5 Å². The Morgan fingerprint density at radius 3 is 2.60 bits per heavy atom. The van der Waals surface area contributed by atoms with Crippen LogP contribution in [0.2, 0.25) is 0 Å². The average Bonchev–Trinajstić information content (AvgIpc) is 3.11.